The minimum Gasteiger partial charge on any atom is -0.305 e. The first-order valence-corrected chi connectivity index (χ1v) is 10.2. The summed E-state index contributed by atoms with van der Waals surface area (Å²) < 4.78 is 29.5. The van der Waals surface area contributed by atoms with Gasteiger partial charge in [0.05, 0.1) is 10.9 Å². The summed E-state index contributed by atoms with van der Waals surface area (Å²) in [5.41, 5.74) is 0. The topological polar surface area (TPSA) is 76.9 Å². The van der Waals surface area contributed by atoms with Gasteiger partial charge in [0, 0.05) is 17.3 Å². The van der Waals surface area contributed by atoms with Crippen molar-refractivity contribution in [3.8, 4) is 0 Å². The maximum atomic E-state index is 12.5. The van der Waals surface area contributed by atoms with Gasteiger partial charge in [0.1, 0.15) is 0 Å². The molecule has 0 bridgehead atoms. The summed E-state index contributed by atoms with van der Waals surface area (Å²) in [6.07, 6.45) is 1.78. The van der Waals surface area contributed by atoms with Gasteiger partial charge in [-0.2, -0.15) is 0 Å². The lowest BCUT2D eigenvalue weighted by molar-refractivity contribution is 0.539. The maximum Gasteiger partial charge on any atom is 0.241 e. The zero-order chi connectivity index (χ0) is 17.7. The monoisotopic (exact) mass is 386 g/mol. The van der Waals surface area contributed by atoms with Crippen LogP contribution >= 0.6 is 23.4 Å². The molecule has 0 spiro atoms. The Labute approximate surface area is 151 Å². The summed E-state index contributed by atoms with van der Waals surface area (Å²) in [6.45, 7) is 8.03. The Morgan fingerprint density at radius 1 is 1.38 bits per heavy atom. The molecule has 2 aromatic rings. The highest BCUT2D eigenvalue weighted by Crippen LogP contribution is 2.22. The van der Waals surface area contributed by atoms with Crippen LogP contribution in [0.4, 0.5) is 0 Å². The summed E-state index contributed by atoms with van der Waals surface area (Å²) in [6, 6.07) is 5.50. The summed E-state index contributed by atoms with van der Waals surface area (Å²) >= 11 is 7.31. The second kappa shape index (κ2) is 8.15. The van der Waals surface area contributed by atoms with Gasteiger partial charge in [-0.1, -0.05) is 29.4 Å². The highest BCUT2D eigenvalue weighted by atomic mass is 35.5. The van der Waals surface area contributed by atoms with E-state index in [9.17, 15) is 8.42 Å². The molecule has 0 saturated carbocycles. The molecule has 0 unspecified atom stereocenters. The summed E-state index contributed by atoms with van der Waals surface area (Å²) in [5, 5.41) is 9.50. The minimum atomic E-state index is -3.67. The predicted molar refractivity (Wildman–Crippen MR) is 96.8 cm³/mol. The van der Waals surface area contributed by atoms with E-state index in [-0.39, 0.29) is 4.90 Å². The largest absolute Gasteiger partial charge is 0.305 e. The number of nitrogens with one attached hydrogen (secondary N) is 1. The Morgan fingerprint density at radius 3 is 2.62 bits per heavy atom. The zero-order valence-corrected chi connectivity index (χ0v) is 15.8. The van der Waals surface area contributed by atoms with Crippen LogP contribution < -0.4 is 4.72 Å². The minimum absolute atomic E-state index is 0.155. The van der Waals surface area contributed by atoms with Crippen molar-refractivity contribution < 1.29 is 8.42 Å². The van der Waals surface area contributed by atoms with Gasteiger partial charge in [-0.15, -0.1) is 16.8 Å². The first kappa shape index (κ1) is 19.0. The van der Waals surface area contributed by atoms with Crippen LogP contribution in [0.2, 0.25) is 5.02 Å². The molecule has 0 amide bonds. The Kier molecular flexibility index (Phi) is 6.45. The molecule has 1 aromatic carbocycles. The van der Waals surface area contributed by atoms with Crippen molar-refractivity contribution >= 4 is 33.4 Å². The molecule has 24 heavy (non-hydrogen) atoms. The molecule has 0 aliphatic heterocycles. The fraction of sp³-hybridized carbons (Fsp3) is 0.333. The molecule has 9 heteroatoms. The van der Waals surface area contributed by atoms with Crippen LogP contribution in [-0.4, -0.2) is 28.9 Å². The Hall–Kier alpha value is -1.35. The lowest BCUT2D eigenvalue weighted by Gasteiger charge is -2.15. The van der Waals surface area contributed by atoms with E-state index in [0.717, 1.165) is 5.16 Å². The van der Waals surface area contributed by atoms with E-state index in [1.54, 1.807) is 25.1 Å². The van der Waals surface area contributed by atoms with Crippen molar-refractivity contribution in [2.45, 2.75) is 36.5 Å². The smallest absolute Gasteiger partial charge is 0.241 e. The molecular weight excluding hydrogens is 368 g/mol. The van der Waals surface area contributed by atoms with Crippen LogP contribution in [0.15, 0.2) is 47.0 Å². The van der Waals surface area contributed by atoms with Crippen molar-refractivity contribution in [3.63, 3.8) is 0 Å². The number of halogens is 1. The van der Waals surface area contributed by atoms with E-state index < -0.39 is 16.1 Å². The molecule has 0 aliphatic carbocycles. The standard InChI is InChI=1S/C15H19ClN4O2S2/c1-4-10-23-15-18-17-14(20(15)5-2)11(3)19-24(21,22)13-8-6-12(16)7-9-13/h4,6-9,11,19H,1,5,10H2,2-3H3/t11-/m0/s1. The van der Waals surface area contributed by atoms with Gasteiger partial charge in [-0.25, -0.2) is 13.1 Å². The quantitative estimate of drug-likeness (QED) is 0.556. The van der Waals surface area contributed by atoms with Crippen molar-refractivity contribution in [2.75, 3.05) is 5.75 Å². The SMILES string of the molecule is C=CCSc1nnc([C@H](C)NS(=O)(=O)c2ccc(Cl)cc2)n1CC. The van der Waals surface area contributed by atoms with Crippen molar-refractivity contribution in [1.29, 1.82) is 0 Å². The molecule has 2 rings (SSSR count). The molecule has 6 nitrogen and oxygen atoms in total. The van der Waals surface area contributed by atoms with Gasteiger partial charge in [0.25, 0.3) is 0 Å². The van der Waals surface area contributed by atoms with Gasteiger partial charge in [0.15, 0.2) is 11.0 Å². The van der Waals surface area contributed by atoms with Crippen LogP contribution in [0.1, 0.15) is 25.7 Å². The Bertz CT molecular complexity index is 803. The zero-order valence-electron chi connectivity index (χ0n) is 13.4. The number of hydrogen-bond acceptors (Lipinski definition) is 5. The van der Waals surface area contributed by atoms with Crippen LogP contribution in [0.25, 0.3) is 0 Å². The molecule has 130 valence electrons. The van der Waals surface area contributed by atoms with Crippen molar-refractivity contribution in [1.82, 2.24) is 19.5 Å². The number of nitrogens with zero attached hydrogens (tertiary/aromatic N) is 3. The average molecular weight is 387 g/mol. The second-order valence-electron chi connectivity index (χ2n) is 4.98. The van der Waals surface area contributed by atoms with E-state index in [1.165, 1.54) is 23.9 Å². The van der Waals surface area contributed by atoms with Gasteiger partial charge in [-0.05, 0) is 38.1 Å². The highest BCUT2D eigenvalue weighted by molar-refractivity contribution is 7.99. The van der Waals surface area contributed by atoms with Gasteiger partial charge >= 0.3 is 0 Å². The summed E-state index contributed by atoms with van der Waals surface area (Å²) in [7, 11) is -3.67. The summed E-state index contributed by atoms with van der Waals surface area (Å²) in [4.78, 5) is 0.155. The third-order valence-corrected chi connectivity index (χ3v) is 6.01. The third kappa shape index (κ3) is 4.38. The van der Waals surface area contributed by atoms with Gasteiger partial charge < -0.3 is 4.57 Å². The molecular formula is C15H19ClN4O2S2. The number of thioether (sulfide) groups is 1. The fourth-order valence-electron chi connectivity index (χ4n) is 2.13. The highest BCUT2D eigenvalue weighted by Gasteiger charge is 2.23. The lowest BCUT2D eigenvalue weighted by atomic mass is 10.3. The predicted octanol–water partition coefficient (Wildman–Crippen LogP) is 3.27. The van der Waals surface area contributed by atoms with Crippen molar-refractivity contribution in [2.24, 2.45) is 0 Å². The average Bonchev–Trinajstić information content (AvgIpc) is 2.95. The lowest BCUT2D eigenvalue weighted by Crippen LogP contribution is -2.29. The van der Waals surface area contributed by atoms with E-state index in [0.29, 0.717) is 23.1 Å². The molecule has 1 aromatic heterocycles. The molecule has 1 heterocycles. The number of benzene rings is 1. The van der Waals surface area contributed by atoms with Crippen LogP contribution in [0.5, 0.6) is 0 Å². The van der Waals surface area contributed by atoms with Gasteiger partial charge in [0.2, 0.25) is 10.0 Å². The second-order valence-corrected chi connectivity index (χ2v) is 8.12. The van der Waals surface area contributed by atoms with Crippen LogP contribution in [0, 0.1) is 0 Å². The van der Waals surface area contributed by atoms with E-state index in [1.807, 2.05) is 11.5 Å². The van der Waals surface area contributed by atoms with E-state index in [4.69, 9.17) is 11.6 Å². The number of sulfonamides is 1. The normalized spacial score (nSPS) is 13.0. The van der Waals surface area contributed by atoms with Gasteiger partial charge in [-0.3, -0.25) is 0 Å². The first-order chi connectivity index (χ1) is 11.4. The molecule has 1 N–H and O–H groups in total. The molecule has 0 aliphatic rings. The Morgan fingerprint density at radius 2 is 2.04 bits per heavy atom. The first-order valence-electron chi connectivity index (χ1n) is 7.33. The van der Waals surface area contributed by atoms with Crippen molar-refractivity contribution in [3.05, 3.63) is 47.8 Å². The fourth-order valence-corrected chi connectivity index (χ4v) is 4.20. The molecule has 0 saturated heterocycles. The van der Waals surface area contributed by atoms with Crippen LogP contribution in [0.3, 0.4) is 0 Å². The number of rotatable bonds is 8. The Balaban J connectivity index is 2.22. The third-order valence-electron chi connectivity index (χ3n) is 3.24. The van der Waals surface area contributed by atoms with E-state index in [2.05, 4.69) is 21.5 Å². The summed E-state index contributed by atoms with van der Waals surface area (Å²) in [5.74, 6) is 1.28. The molecule has 0 fully saturated rings. The number of hydrogen-bond donors (Lipinski definition) is 1. The molecule has 0 radical (unpaired) electrons. The number of aromatic nitrogens is 3. The van der Waals surface area contributed by atoms with E-state index >= 15 is 0 Å². The molecule has 1 atom stereocenters. The van der Waals surface area contributed by atoms with Crippen LogP contribution in [-0.2, 0) is 16.6 Å². The maximum absolute atomic E-state index is 12.5.